The van der Waals surface area contributed by atoms with Crippen LogP contribution in [0.4, 0.5) is 5.69 Å². The molecule has 1 aromatic rings. The first kappa shape index (κ1) is 13.0. The van der Waals surface area contributed by atoms with Crippen LogP contribution in [0.15, 0.2) is 29.2 Å². The minimum atomic E-state index is -3.45. The van der Waals surface area contributed by atoms with Crippen LogP contribution in [0.3, 0.4) is 0 Å². The molecule has 0 saturated heterocycles. The number of sulfonamides is 1. The Balaban J connectivity index is 3.13. The molecule has 0 aliphatic rings. The van der Waals surface area contributed by atoms with Crippen molar-refractivity contribution in [3.63, 3.8) is 0 Å². The van der Waals surface area contributed by atoms with Crippen molar-refractivity contribution in [1.29, 1.82) is 0 Å². The van der Waals surface area contributed by atoms with Crippen molar-refractivity contribution in [3.8, 4) is 0 Å². The van der Waals surface area contributed by atoms with E-state index in [0.29, 0.717) is 12.2 Å². The third-order valence-corrected chi connectivity index (χ3v) is 3.95. The molecule has 0 heterocycles. The Morgan fingerprint density at radius 1 is 1.31 bits per heavy atom. The number of anilines is 1. The van der Waals surface area contributed by atoms with E-state index < -0.39 is 10.0 Å². The van der Waals surface area contributed by atoms with Gasteiger partial charge in [0, 0.05) is 20.6 Å². The molecular weight excluding hydrogens is 228 g/mol. The molecule has 0 saturated carbocycles. The lowest BCUT2D eigenvalue weighted by molar-refractivity contribution is 0.311. The molecule has 0 aromatic heterocycles. The van der Waals surface area contributed by atoms with Crippen LogP contribution in [-0.4, -0.2) is 45.1 Å². The minimum Gasteiger partial charge on any atom is -0.395 e. The van der Waals surface area contributed by atoms with Crippen molar-refractivity contribution in [2.45, 2.75) is 4.90 Å². The summed E-state index contributed by atoms with van der Waals surface area (Å²) in [6.45, 7) is 0.274. The molecule has 0 spiro atoms. The van der Waals surface area contributed by atoms with Crippen LogP contribution in [0.2, 0.25) is 0 Å². The summed E-state index contributed by atoms with van der Waals surface area (Å²) < 4.78 is 25.0. The molecule has 2 N–H and O–H groups in total. The zero-order valence-corrected chi connectivity index (χ0v) is 10.2. The van der Waals surface area contributed by atoms with E-state index in [1.165, 1.54) is 20.2 Å². The van der Waals surface area contributed by atoms with Crippen LogP contribution in [0, 0.1) is 0 Å². The van der Waals surface area contributed by atoms with E-state index in [0.717, 1.165) is 4.31 Å². The number of nitrogens with zero attached hydrogens (tertiary/aromatic N) is 1. The Bertz CT molecular complexity index is 443. The summed E-state index contributed by atoms with van der Waals surface area (Å²) in [5.41, 5.74) is 0.505. The fourth-order valence-corrected chi connectivity index (χ4v) is 2.29. The Morgan fingerprint density at radius 2 is 1.94 bits per heavy atom. The first-order valence-corrected chi connectivity index (χ1v) is 6.30. The highest BCUT2D eigenvalue weighted by Gasteiger charge is 2.20. The van der Waals surface area contributed by atoms with Gasteiger partial charge in [0.25, 0.3) is 0 Å². The van der Waals surface area contributed by atoms with E-state index in [4.69, 9.17) is 5.11 Å². The van der Waals surface area contributed by atoms with Gasteiger partial charge in [0.15, 0.2) is 0 Å². The van der Waals surface area contributed by atoms with Gasteiger partial charge >= 0.3 is 0 Å². The largest absolute Gasteiger partial charge is 0.395 e. The monoisotopic (exact) mass is 244 g/mol. The van der Waals surface area contributed by atoms with Crippen LogP contribution in [0.5, 0.6) is 0 Å². The summed E-state index contributed by atoms with van der Waals surface area (Å²) in [5, 5.41) is 11.6. The van der Waals surface area contributed by atoms with Crippen molar-refractivity contribution in [1.82, 2.24) is 4.31 Å². The average molecular weight is 244 g/mol. The summed E-state index contributed by atoms with van der Waals surface area (Å²) in [6.07, 6.45) is 0. The first-order chi connectivity index (χ1) is 7.50. The highest BCUT2D eigenvalue weighted by Crippen LogP contribution is 2.22. The SMILES string of the molecule is CN(C)S(=O)(=O)c1ccccc1NCCO. The van der Waals surface area contributed by atoms with Gasteiger partial charge in [0.05, 0.1) is 12.3 Å². The van der Waals surface area contributed by atoms with Gasteiger partial charge in [-0.2, -0.15) is 0 Å². The van der Waals surface area contributed by atoms with E-state index in [-0.39, 0.29) is 11.5 Å². The lowest BCUT2D eigenvalue weighted by Gasteiger charge is -2.15. The lowest BCUT2D eigenvalue weighted by Crippen LogP contribution is -2.23. The molecule has 0 amide bonds. The lowest BCUT2D eigenvalue weighted by atomic mass is 10.3. The van der Waals surface area contributed by atoms with Gasteiger partial charge in [0.1, 0.15) is 4.90 Å². The van der Waals surface area contributed by atoms with Crippen LogP contribution in [-0.2, 0) is 10.0 Å². The fraction of sp³-hybridized carbons (Fsp3) is 0.400. The second-order valence-electron chi connectivity index (χ2n) is 3.43. The molecule has 16 heavy (non-hydrogen) atoms. The molecule has 1 rings (SSSR count). The van der Waals surface area contributed by atoms with E-state index in [1.807, 2.05) is 0 Å². The highest BCUT2D eigenvalue weighted by molar-refractivity contribution is 7.89. The third kappa shape index (κ3) is 2.72. The minimum absolute atomic E-state index is 0.0453. The number of para-hydroxylation sites is 1. The molecule has 0 aliphatic heterocycles. The van der Waals surface area contributed by atoms with Gasteiger partial charge in [-0.1, -0.05) is 12.1 Å². The van der Waals surface area contributed by atoms with Crippen molar-refractivity contribution in [3.05, 3.63) is 24.3 Å². The number of nitrogens with one attached hydrogen (secondary N) is 1. The molecule has 0 radical (unpaired) electrons. The van der Waals surface area contributed by atoms with Crippen LogP contribution in [0.1, 0.15) is 0 Å². The van der Waals surface area contributed by atoms with Crippen LogP contribution < -0.4 is 5.32 Å². The van der Waals surface area contributed by atoms with Gasteiger partial charge in [-0.15, -0.1) is 0 Å². The molecule has 5 nitrogen and oxygen atoms in total. The molecule has 0 aliphatic carbocycles. The fourth-order valence-electron chi connectivity index (χ4n) is 1.22. The average Bonchev–Trinajstić information content (AvgIpc) is 2.26. The quantitative estimate of drug-likeness (QED) is 0.783. The van der Waals surface area contributed by atoms with E-state index in [2.05, 4.69) is 5.32 Å². The van der Waals surface area contributed by atoms with Crippen LogP contribution >= 0.6 is 0 Å². The van der Waals surface area contributed by atoms with Gasteiger partial charge in [-0.05, 0) is 12.1 Å². The maximum atomic E-state index is 11.9. The molecule has 0 fully saturated rings. The topological polar surface area (TPSA) is 69.6 Å². The normalized spacial score (nSPS) is 11.8. The van der Waals surface area contributed by atoms with Crippen LogP contribution in [0.25, 0.3) is 0 Å². The smallest absolute Gasteiger partial charge is 0.244 e. The molecule has 0 unspecified atom stereocenters. The Hall–Kier alpha value is -1.11. The predicted octanol–water partition coefficient (Wildman–Crippen LogP) is 0.341. The second kappa shape index (κ2) is 5.29. The molecule has 0 atom stereocenters. The van der Waals surface area contributed by atoms with E-state index in [9.17, 15) is 8.42 Å². The van der Waals surface area contributed by atoms with Gasteiger partial charge in [-0.3, -0.25) is 0 Å². The summed E-state index contributed by atoms with van der Waals surface area (Å²) in [4.78, 5) is 0.216. The zero-order chi connectivity index (χ0) is 12.2. The van der Waals surface area contributed by atoms with E-state index >= 15 is 0 Å². The number of aliphatic hydroxyl groups is 1. The highest BCUT2D eigenvalue weighted by atomic mass is 32.2. The van der Waals surface area contributed by atoms with Gasteiger partial charge in [0.2, 0.25) is 10.0 Å². The maximum absolute atomic E-state index is 11.9. The zero-order valence-electron chi connectivity index (χ0n) is 9.34. The second-order valence-corrected chi connectivity index (χ2v) is 5.55. The number of aliphatic hydroxyl groups excluding tert-OH is 1. The predicted molar refractivity (Wildman–Crippen MR) is 62.9 cm³/mol. The molecule has 0 bridgehead atoms. The Morgan fingerprint density at radius 3 is 2.50 bits per heavy atom. The number of hydrogen-bond acceptors (Lipinski definition) is 4. The van der Waals surface area contributed by atoms with Gasteiger partial charge in [-0.25, -0.2) is 12.7 Å². The summed E-state index contributed by atoms with van der Waals surface area (Å²) >= 11 is 0. The number of benzene rings is 1. The summed E-state index contributed by atoms with van der Waals surface area (Å²) in [7, 11) is -0.480. The molecule has 90 valence electrons. The molecule has 1 aromatic carbocycles. The first-order valence-electron chi connectivity index (χ1n) is 4.86. The van der Waals surface area contributed by atoms with Crippen molar-refractivity contribution < 1.29 is 13.5 Å². The Labute approximate surface area is 95.8 Å². The standard InChI is InChI=1S/C10H16N2O3S/c1-12(2)16(14,15)10-6-4-3-5-9(10)11-7-8-13/h3-6,11,13H,7-8H2,1-2H3. The number of hydrogen-bond donors (Lipinski definition) is 2. The van der Waals surface area contributed by atoms with Crippen molar-refractivity contribution in [2.24, 2.45) is 0 Å². The summed E-state index contributed by atoms with van der Waals surface area (Å²) in [5.74, 6) is 0. The third-order valence-electron chi connectivity index (χ3n) is 2.07. The maximum Gasteiger partial charge on any atom is 0.244 e. The number of rotatable bonds is 5. The van der Waals surface area contributed by atoms with E-state index in [1.54, 1.807) is 18.2 Å². The van der Waals surface area contributed by atoms with Crippen molar-refractivity contribution >= 4 is 15.7 Å². The summed E-state index contributed by atoms with van der Waals surface area (Å²) in [6, 6.07) is 6.62. The van der Waals surface area contributed by atoms with Crippen molar-refractivity contribution in [2.75, 3.05) is 32.6 Å². The Kier molecular flexibility index (Phi) is 4.28. The molecule has 6 heteroatoms. The molecular formula is C10H16N2O3S. The van der Waals surface area contributed by atoms with Gasteiger partial charge < -0.3 is 10.4 Å².